The van der Waals surface area contributed by atoms with Crippen LogP contribution in [-0.4, -0.2) is 18.7 Å². The average Bonchev–Trinajstić information content (AvgIpc) is 4.18. The molecule has 1 aliphatic carbocycles. The number of fused-ring (bicyclic) bond motifs is 12. The Balaban J connectivity index is 0.995. The van der Waals surface area contributed by atoms with Crippen LogP contribution in [0.25, 0.3) is 105 Å². The van der Waals surface area contributed by atoms with E-state index in [-0.39, 0.29) is 5.41 Å². The van der Waals surface area contributed by atoms with Crippen molar-refractivity contribution >= 4 is 65.4 Å². The average molecular weight is 947 g/mol. The van der Waals surface area contributed by atoms with Crippen LogP contribution in [0.5, 0.6) is 0 Å². The normalized spacial score (nSPS) is 13.2. The molecule has 4 heteroatoms. The zero-order valence-electron chi connectivity index (χ0n) is 41.5. The minimum absolute atomic E-state index is 0.0619. The Morgan fingerprint density at radius 2 is 0.743 bits per heavy atom. The molecule has 0 saturated heterocycles. The van der Waals surface area contributed by atoms with Gasteiger partial charge in [-0.15, -0.1) is 0 Å². The van der Waals surface area contributed by atoms with Gasteiger partial charge >= 0.3 is 0 Å². The Morgan fingerprint density at radius 3 is 1.23 bits per heavy atom. The van der Waals surface area contributed by atoms with Crippen molar-refractivity contribution in [2.24, 2.45) is 0 Å². The van der Waals surface area contributed by atoms with Crippen LogP contribution in [-0.2, 0) is 10.8 Å². The van der Waals surface area contributed by atoms with Crippen LogP contribution in [0.1, 0.15) is 48.6 Å². The molecular formula is C70H50N4. The Kier molecular flexibility index (Phi) is 9.10. The van der Waals surface area contributed by atoms with E-state index >= 15 is 0 Å². The van der Waals surface area contributed by atoms with Crippen molar-refractivity contribution < 1.29 is 0 Å². The van der Waals surface area contributed by atoms with Gasteiger partial charge in [0.1, 0.15) is 0 Å². The van der Waals surface area contributed by atoms with Gasteiger partial charge in [-0.3, -0.25) is 4.98 Å². The molecule has 0 atom stereocenters. The van der Waals surface area contributed by atoms with Crippen molar-refractivity contribution in [3.63, 3.8) is 0 Å². The molecule has 0 bridgehead atoms. The molecule has 0 amide bonds. The van der Waals surface area contributed by atoms with Gasteiger partial charge < -0.3 is 13.7 Å². The van der Waals surface area contributed by atoms with Crippen molar-refractivity contribution in [1.29, 1.82) is 0 Å². The molecule has 0 saturated carbocycles. The molecule has 10 aromatic carbocycles. The zero-order chi connectivity index (χ0) is 49.3. The molecule has 0 aliphatic heterocycles. The predicted molar refractivity (Wildman–Crippen MR) is 309 cm³/mol. The zero-order valence-corrected chi connectivity index (χ0v) is 41.5. The molecule has 4 aromatic heterocycles. The first kappa shape index (κ1) is 42.4. The van der Waals surface area contributed by atoms with Gasteiger partial charge in [0.05, 0.1) is 38.5 Å². The molecule has 15 rings (SSSR count). The lowest BCUT2D eigenvalue weighted by Crippen LogP contribution is -2.28. The van der Waals surface area contributed by atoms with Crippen LogP contribution in [0.2, 0.25) is 0 Å². The number of aromatic nitrogens is 4. The van der Waals surface area contributed by atoms with Crippen LogP contribution in [0.15, 0.2) is 249 Å². The summed E-state index contributed by atoms with van der Waals surface area (Å²) in [4.78, 5) is 5.27. The maximum Gasteiger partial charge on any atom is 0.0728 e. The number of nitrogens with zero attached hydrogens (tertiary/aromatic N) is 4. The van der Waals surface area contributed by atoms with Crippen LogP contribution < -0.4 is 0 Å². The Morgan fingerprint density at radius 1 is 0.324 bits per heavy atom. The molecule has 0 spiro atoms. The van der Waals surface area contributed by atoms with Gasteiger partial charge in [-0.25, -0.2) is 0 Å². The molecule has 4 nitrogen and oxygen atoms in total. The van der Waals surface area contributed by atoms with E-state index in [1.54, 1.807) is 0 Å². The van der Waals surface area contributed by atoms with Gasteiger partial charge in [0.2, 0.25) is 0 Å². The molecule has 0 radical (unpaired) electrons. The van der Waals surface area contributed by atoms with Crippen LogP contribution in [0.4, 0.5) is 0 Å². The number of rotatable bonds is 6. The summed E-state index contributed by atoms with van der Waals surface area (Å²) in [5.74, 6) is 0. The summed E-state index contributed by atoms with van der Waals surface area (Å²) in [5.41, 5.74) is 20.5. The van der Waals surface area contributed by atoms with E-state index in [0.717, 1.165) is 33.8 Å². The predicted octanol–water partition coefficient (Wildman–Crippen LogP) is 17.7. The van der Waals surface area contributed by atoms with E-state index in [9.17, 15) is 0 Å². The molecule has 350 valence electrons. The standard InChI is InChI=1S/C70H50N4/c1-69(2,3)47-32-35-50(36-33-47)72-67-31-17-10-24-59(67)60-41-48(34-37-68(60)72)70(61-25-11-4-18-53(61)54-19-5-12-26-62(54)70)49-38-46(43-71-44-49)45-39-51(73-63-27-13-6-20-55(63)56-21-7-14-28-64(56)73)42-52(40-45)74-65-29-15-8-22-57(65)58-23-9-16-30-66(58)74/h4-44H,1-3H3. The Hall–Kier alpha value is -9.25. The maximum atomic E-state index is 5.27. The second-order valence-electron chi connectivity index (χ2n) is 21.2. The minimum Gasteiger partial charge on any atom is -0.309 e. The fourth-order valence-corrected chi connectivity index (χ4v) is 12.8. The van der Waals surface area contributed by atoms with E-state index in [1.165, 1.54) is 98.8 Å². The van der Waals surface area contributed by atoms with Crippen molar-refractivity contribution in [3.05, 3.63) is 277 Å². The largest absolute Gasteiger partial charge is 0.309 e. The third-order valence-electron chi connectivity index (χ3n) is 16.1. The monoisotopic (exact) mass is 946 g/mol. The van der Waals surface area contributed by atoms with Crippen LogP contribution in [0.3, 0.4) is 0 Å². The highest BCUT2D eigenvalue weighted by Gasteiger charge is 2.46. The number of hydrogen-bond donors (Lipinski definition) is 0. The third-order valence-corrected chi connectivity index (χ3v) is 16.1. The summed E-state index contributed by atoms with van der Waals surface area (Å²) >= 11 is 0. The molecular weight excluding hydrogens is 897 g/mol. The van der Waals surface area contributed by atoms with Gasteiger partial charge in [0, 0.05) is 67.3 Å². The van der Waals surface area contributed by atoms with E-state index in [1.807, 2.05) is 0 Å². The van der Waals surface area contributed by atoms with Gasteiger partial charge in [-0.2, -0.15) is 0 Å². The van der Waals surface area contributed by atoms with Crippen molar-refractivity contribution in [2.45, 2.75) is 31.6 Å². The van der Waals surface area contributed by atoms with Crippen molar-refractivity contribution in [2.75, 3.05) is 0 Å². The first-order valence-electron chi connectivity index (χ1n) is 25.8. The van der Waals surface area contributed by atoms with Crippen molar-refractivity contribution in [1.82, 2.24) is 18.7 Å². The summed E-state index contributed by atoms with van der Waals surface area (Å²) in [6, 6.07) is 88.0. The van der Waals surface area contributed by atoms with E-state index in [0.29, 0.717) is 0 Å². The van der Waals surface area contributed by atoms with E-state index in [2.05, 4.69) is 283 Å². The first-order chi connectivity index (χ1) is 36.3. The fraction of sp³-hybridized carbons (Fsp3) is 0.0714. The lowest BCUT2D eigenvalue weighted by Gasteiger charge is -2.34. The molecule has 4 heterocycles. The van der Waals surface area contributed by atoms with Gasteiger partial charge in [-0.05, 0) is 129 Å². The molecule has 0 N–H and O–H groups in total. The summed E-state index contributed by atoms with van der Waals surface area (Å²) in [6.45, 7) is 6.83. The quantitative estimate of drug-likeness (QED) is 0.163. The van der Waals surface area contributed by atoms with E-state index < -0.39 is 5.41 Å². The van der Waals surface area contributed by atoms with Gasteiger partial charge in [0.15, 0.2) is 0 Å². The number of hydrogen-bond acceptors (Lipinski definition) is 1. The summed E-state index contributed by atoms with van der Waals surface area (Å²) in [5, 5.41) is 7.37. The second-order valence-corrected chi connectivity index (χ2v) is 21.2. The maximum absolute atomic E-state index is 5.27. The third kappa shape index (κ3) is 6.06. The van der Waals surface area contributed by atoms with Gasteiger partial charge in [-0.1, -0.05) is 178 Å². The smallest absolute Gasteiger partial charge is 0.0728 e. The highest BCUT2D eigenvalue weighted by atomic mass is 15.0. The molecule has 1 aliphatic rings. The Labute approximate surface area is 429 Å². The highest BCUT2D eigenvalue weighted by Crippen LogP contribution is 2.57. The first-order valence-corrected chi connectivity index (χ1v) is 25.8. The number of para-hydroxylation sites is 5. The number of pyridine rings is 1. The fourth-order valence-electron chi connectivity index (χ4n) is 12.8. The molecule has 14 aromatic rings. The minimum atomic E-state index is -0.692. The Bertz CT molecular complexity index is 4310. The van der Waals surface area contributed by atoms with Crippen molar-refractivity contribution in [3.8, 4) is 39.3 Å². The lowest BCUT2D eigenvalue weighted by atomic mass is 9.67. The molecule has 0 fully saturated rings. The van der Waals surface area contributed by atoms with E-state index in [4.69, 9.17) is 4.98 Å². The van der Waals surface area contributed by atoms with Crippen LogP contribution >= 0.6 is 0 Å². The summed E-state index contributed by atoms with van der Waals surface area (Å²) in [6.07, 6.45) is 4.18. The SMILES string of the molecule is CC(C)(C)c1ccc(-n2c3ccccc3c3cc(C4(c5cncc(-c6cc(-n7c8ccccc8c8ccccc87)cc(-n7c8ccccc8c8ccccc87)c6)c5)c5ccccc5-c5ccccc54)ccc32)cc1. The van der Waals surface area contributed by atoms with Gasteiger partial charge in [0.25, 0.3) is 0 Å². The van der Waals surface area contributed by atoms with Crippen LogP contribution in [0, 0.1) is 0 Å². The summed E-state index contributed by atoms with van der Waals surface area (Å²) < 4.78 is 7.32. The number of benzene rings is 10. The second kappa shape index (κ2) is 15.9. The summed E-state index contributed by atoms with van der Waals surface area (Å²) in [7, 11) is 0. The highest BCUT2D eigenvalue weighted by molar-refractivity contribution is 6.12. The topological polar surface area (TPSA) is 27.7 Å². The molecule has 0 unspecified atom stereocenters. The lowest BCUT2D eigenvalue weighted by molar-refractivity contribution is 0.590. The molecule has 74 heavy (non-hydrogen) atoms.